The predicted octanol–water partition coefficient (Wildman–Crippen LogP) is 3.52. The normalized spacial score (nSPS) is 12.7. The van der Waals surface area contributed by atoms with Crippen molar-refractivity contribution in [1.82, 2.24) is 10.2 Å². The maximum absolute atomic E-state index is 3.62. The molecule has 0 bridgehead atoms. The van der Waals surface area contributed by atoms with E-state index < -0.39 is 0 Å². The van der Waals surface area contributed by atoms with Crippen molar-refractivity contribution in [1.29, 1.82) is 0 Å². The van der Waals surface area contributed by atoms with Crippen molar-refractivity contribution in [2.24, 2.45) is 5.41 Å². The zero-order chi connectivity index (χ0) is 13.3. The molecule has 0 saturated carbocycles. The van der Waals surface area contributed by atoms with Gasteiger partial charge in [0.05, 0.1) is 0 Å². The lowest BCUT2D eigenvalue weighted by Crippen LogP contribution is -2.46. The summed E-state index contributed by atoms with van der Waals surface area (Å²) >= 11 is 0. The molecule has 0 aliphatic rings. The molecule has 0 aromatic heterocycles. The Labute approximate surface area is 109 Å². The van der Waals surface area contributed by atoms with E-state index >= 15 is 0 Å². The third-order valence-electron chi connectivity index (χ3n) is 4.10. The van der Waals surface area contributed by atoms with Crippen LogP contribution in [0.1, 0.15) is 60.8 Å². The molecule has 1 N–H and O–H groups in total. The standard InChI is InChI=1S/C15H34N2/c1-7-11-16-12-15(8-2,9-3)13-17(10-4)14(5)6/h14,16H,7-13H2,1-6H3. The molecule has 0 amide bonds. The molecule has 0 rings (SSSR count). The Kier molecular flexibility index (Phi) is 8.89. The Hall–Kier alpha value is -0.0800. The molecule has 0 aliphatic heterocycles. The second-order valence-corrected chi connectivity index (χ2v) is 5.54. The lowest BCUT2D eigenvalue weighted by molar-refractivity contribution is 0.115. The van der Waals surface area contributed by atoms with Crippen LogP contribution < -0.4 is 5.32 Å². The lowest BCUT2D eigenvalue weighted by atomic mass is 9.81. The predicted molar refractivity (Wildman–Crippen MR) is 78.6 cm³/mol. The second kappa shape index (κ2) is 8.93. The monoisotopic (exact) mass is 242 g/mol. The third kappa shape index (κ3) is 5.87. The van der Waals surface area contributed by atoms with E-state index in [0.29, 0.717) is 11.5 Å². The average molecular weight is 242 g/mol. The van der Waals surface area contributed by atoms with Gasteiger partial charge in [-0.3, -0.25) is 0 Å². The molecule has 0 saturated heterocycles. The fraction of sp³-hybridized carbons (Fsp3) is 1.00. The van der Waals surface area contributed by atoms with Crippen molar-refractivity contribution < 1.29 is 0 Å². The molecule has 0 fully saturated rings. The fourth-order valence-electron chi connectivity index (χ4n) is 2.40. The number of hydrogen-bond donors (Lipinski definition) is 1. The summed E-state index contributed by atoms with van der Waals surface area (Å²) in [5.74, 6) is 0. The summed E-state index contributed by atoms with van der Waals surface area (Å²) in [6.07, 6.45) is 3.76. The van der Waals surface area contributed by atoms with Crippen LogP contribution in [-0.4, -0.2) is 37.1 Å². The molecule has 0 aromatic rings. The van der Waals surface area contributed by atoms with Gasteiger partial charge in [0.25, 0.3) is 0 Å². The van der Waals surface area contributed by atoms with Gasteiger partial charge in [0.2, 0.25) is 0 Å². The first kappa shape index (κ1) is 16.9. The quantitative estimate of drug-likeness (QED) is 0.590. The van der Waals surface area contributed by atoms with Crippen molar-refractivity contribution in [3.8, 4) is 0 Å². The molecule has 0 spiro atoms. The Morgan fingerprint density at radius 3 is 2.00 bits per heavy atom. The van der Waals surface area contributed by atoms with Gasteiger partial charge in [-0.2, -0.15) is 0 Å². The summed E-state index contributed by atoms with van der Waals surface area (Å²) in [5, 5.41) is 3.62. The molecule has 17 heavy (non-hydrogen) atoms. The zero-order valence-corrected chi connectivity index (χ0v) is 13.0. The molecule has 0 radical (unpaired) electrons. The zero-order valence-electron chi connectivity index (χ0n) is 13.0. The second-order valence-electron chi connectivity index (χ2n) is 5.54. The Morgan fingerprint density at radius 2 is 1.65 bits per heavy atom. The molecule has 0 unspecified atom stereocenters. The summed E-state index contributed by atoms with van der Waals surface area (Å²) in [6, 6.07) is 0.656. The van der Waals surface area contributed by atoms with E-state index in [-0.39, 0.29) is 0 Å². The summed E-state index contributed by atoms with van der Waals surface area (Å²) < 4.78 is 0. The highest BCUT2D eigenvalue weighted by Gasteiger charge is 2.28. The minimum atomic E-state index is 0.454. The van der Waals surface area contributed by atoms with Crippen LogP contribution in [0.4, 0.5) is 0 Å². The Morgan fingerprint density at radius 1 is 1.06 bits per heavy atom. The highest BCUT2D eigenvalue weighted by molar-refractivity contribution is 4.83. The molecule has 2 nitrogen and oxygen atoms in total. The molecular weight excluding hydrogens is 208 g/mol. The van der Waals surface area contributed by atoms with Crippen LogP contribution in [0.2, 0.25) is 0 Å². The summed E-state index contributed by atoms with van der Waals surface area (Å²) in [4.78, 5) is 2.60. The molecular formula is C15H34N2. The van der Waals surface area contributed by atoms with Crippen LogP contribution in [0.15, 0.2) is 0 Å². The molecule has 2 heteroatoms. The van der Waals surface area contributed by atoms with Gasteiger partial charge in [-0.1, -0.05) is 27.7 Å². The number of nitrogens with one attached hydrogen (secondary N) is 1. The highest BCUT2D eigenvalue weighted by atomic mass is 15.2. The van der Waals surface area contributed by atoms with Gasteiger partial charge >= 0.3 is 0 Å². The average Bonchev–Trinajstić information content (AvgIpc) is 2.33. The topological polar surface area (TPSA) is 15.3 Å². The largest absolute Gasteiger partial charge is 0.316 e. The highest BCUT2D eigenvalue weighted by Crippen LogP contribution is 2.27. The molecule has 0 heterocycles. The first-order valence-corrected chi connectivity index (χ1v) is 7.50. The smallest absolute Gasteiger partial charge is 0.00525 e. The Balaban J connectivity index is 4.46. The van der Waals surface area contributed by atoms with E-state index in [4.69, 9.17) is 0 Å². The fourth-order valence-corrected chi connectivity index (χ4v) is 2.40. The lowest BCUT2D eigenvalue weighted by Gasteiger charge is -2.39. The van der Waals surface area contributed by atoms with Crippen LogP contribution >= 0.6 is 0 Å². The van der Waals surface area contributed by atoms with Gasteiger partial charge in [0.15, 0.2) is 0 Å². The van der Waals surface area contributed by atoms with Gasteiger partial charge in [-0.25, -0.2) is 0 Å². The van der Waals surface area contributed by atoms with Gasteiger partial charge in [-0.05, 0) is 51.6 Å². The van der Waals surface area contributed by atoms with Crippen molar-refractivity contribution in [2.75, 3.05) is 26.2 Å². The van der Waals surface area contributed by atoms with Crippen LogP contribution in [0.5, 0.6) is 0 Å². The Bertz CT molecular complexity index is 174. The number of rotatable bonds is 10. The van der Waals surface area contributed by atoms with Crippen molar-refractivity contribution in [2.45, 2.75) is 66.8 Å². The maximum atomic E-state index is 3.62. The van der Waals surface area contributed by atoms with Crippen LogP contribution in [0, 0.1) is 5.41 Å². The minimum absolute atomic E-state index is 0.454. The van der Waals surface area contributed by atoms with E-state index in [9.17, 15) is 0 Å². The van der Waals surface area contributed by atoms with Crippen LogP contribution in [0.25, 0.3) is 0 Å². The van der Waals surface area contributed by atoms with E-state index in [1.54, 1.807) is 0 Å². The van der Waals surface area contributed by atoms with Gasteiger partial charge in [0.1, 0.15) is 0 Å². The maximum Gasteiger partial charge on any atom is 0.00525 e. The SMILES string of the molecule is CCCNCC(CC)(CC)CN(CC)C(C)C. The van der Waals surface area contributed by atoms with E-state index in [1.165, 1.54) is 25.8 Å². The molecule has 0 aromatic carbocycles. The van der Waals surface area contributed by atoms with Gasteiger partial charge < -0.3 is 10.2 Å². The van der Waals surface area contributed by atoms with Crippen molar-refractivity contribution in [3.63, 3.8) is 0 Å². The van der Waals surface area contributed by atoms with E-state index in [0.717, 1.165) is 19.6 Å². The van der Waals surface area contributed by atoms with Crippen LogP contribution in [-0.2, 0) is 0 Å². The van der Waals surface area contributed by atoms with E-state index in [1.807, 2.05) is 0 Å². The summed E-state index contributed by atoms with van der Waals surface area (Å²) in [6.45, 7) is 18.5. The summed E-state index contributed by atoms with van der Waals surface area (Å²) in [5.41, 5.74) is 0.454. The minimum Gasteiger partial charge on any atom is -0.316 e. The van der Waals surface area contributed by atoms with Crippen molar-refractivity contribution in [3.05, 3.63) is 0 Å². The number of nitrogens with zero attached hydrogens (tertiary/aromatic N) is 1. The van der Waals surface area contributed by atoms with Crippen LogP contribution in [0.3, 0.4) is 0 Å². The molecule has 0 aliphatic carbocycles. The summed E-state index contributed by atoms with van der Waals surface area (Å²) in [7, 11) is 0. The first-order valence-electron chi connectivity index (χ1n) is 7.50. The van der Waals surface area contributed by atoms with Gasteiger partial charge in [-0.15, -0.1) is 0 Å². The van der Waals surface area contributed by atoms with Gasteiger partial charge in [0, 0.05) is 19.1 Å². The van der Waals surface area contributed by atoms with Crippen molar-refractivity contribution >= 4 is 0 Å². The number of hydrogen-bond acceptors (Lipinski definition) is 2. The van der Waals surface area contributed by atoms with E-state index in [2.05, 4.69) is 51.8 Å². The third-order valence-corrected chi connectivity index (χ3v) is 4.10. The molecule has 104 valence electrons. The molecule has 0 atom stereocenters. The first-order chi connectivity index (χ1) is 8.05.